The molecular weight excluding hydrogens is 261 g/mol. The Hall–Kier alpha value is -1.05. The quantitative estimate of drug-likeness (QED) is 0.829. The van der Waals surface area contributed by atoms with E-state index in [1.165, 1.54) is 0 Å². The highest BCUT2D eigenvalue weighted by molar-refractivity contribution is 9.10. The normalized spacial score (nSPS) is 12.1. The van der Waals surface area contributed by atoms with E-state index >= 15 is 0 Å². The minimum absolute atomic E-state index is 0.0762. The summed E-state index contributed by atoms with van der Waals surface area (Å²) in [5.41, 5.74) is 0.610. The molecule has 0 bridgehead atoms. The van der Waals surface area contributed by atoms with Crippen molar-refractivity contribution in [3.05, 3.63) is 28.0 Å². The summed E-state index contributed by atoms with van der Waals surface area (Å²) in [4.78, 5) is 0. The molecule has 1 rings (SSSR count). The Morgan fingerprint density at radius 2 is 2.33 bits per heavy atom. The van der Waals surface area contributed by atoms with E-state index < -0.39 is 5.82 Å². The molecule has 0 heterocycles. The minimum atomic E-state index is -0.486. The van der Waals surface area contributed by atoms with Crippen molar-refractivity contribution in [2.75, 3.05) is 6.54 Å². The van der Waals surface area contributed by atoms with Crippen LogP contribution in [-0.2, 0) is 0 Å². The van der Waals surface area contributed by atoms with E-state index in [0.717, 1.165) is 6.07 Å². The highest BCUT2D eigenvalue weighted by Gasteiger charge is 2.12. The van der Waals surface area contributed by atoms with Crippen LogP contribution in [-0.4, -0.2) is 11.7 Å². The number of rotatable bonds is 3. The summed E-state index contributed by atoms with van der Waals surface area (Å²) in [6.07, 6.45) is 5.10. The molecule has 0 aliphatic rings. The fourth-order valence-electron chi connectivity index (χ4n) is 1.22. The van der Waals surface area contributed by atoms with Crippen LogP contribution in [0, 0.1) is 18.2 Å². The molecule has 4 heteroatoms. The Morgan fingerprint density at radius 1 is 1.67 bits per heavy atom. The molecule has 0 aliphatic carbocycles. The Bertz CT molecular complexity index is 400. The van der Waals surface area contributed by atoms with Gasteiger partial charge in [0.25, 0.3) is 0 Å². The molecule has 0 amide bonds. The summed E-state index contributed by atoms with van der Waals surface area (Å²) in [5, 5.41) is 12.5. The summed E-state index contributed by atoms with van der Waals surface area (Å²) in [5.74, 6) is 1.87. The first-order valence-corrected chi connectivity index (χ1v) is 5.20. The molecule has 1 aromatic carbocycles. The monoisotopic (exact) mass is 271 g/mol. The van der Waals surface area contributed by atoms with Gasteiger partial charge in [0.05, 0.1) is 11.0 Å². The zero-order chi connectivity index (χ0) is 11.4. The predicted octanol–water partition coefficient (Wildman–Crippen LogP) is 2.58. The van der Waals surface area contributed by atoms with Crippen LogP contribution < -0.4 is 5.32 Å². The number of halogens is 2. The van der Waals surface area contributed by atoms with Gasteiger partial charge in [0.2, 0.25) is 0 Å². The van der Waals surface area contributed by atoms with Crippen molar-refractivity contribution in [3.8, 4) is 18.1 Å². The average Bonchev–Trinajstić information content (AvgIpc) is 2.20. The first-order chi connectivity index (χ1) is 7.06. The number of phenols is 1. The van der Waals surface area contributed by atoms with Crippen LogP contribution in [0.5, 0.6) is 5.75 Å². The molecule has 1 atom stereocenters. The Labute approximate surface area is 96.6 Å². The van der Waals surface area contributed by atoms with Gasteiger partial charge in [0.1, 0.15) is 11.6 Å². The van der Waals surface area contributed by atoms with Crippen LogP contribution in [0.15, 0.2) is 16.6 Å². The van der Waals surface area contributed by atoms with Gasteiger partial charge in [0, 0.05) is 17.7 Å². The average molecular weight is 272 g/mol. The Balaban J connectivity index is 2.94. The molecule has 0 aliphatic heterocycles. The smallest absolute Gasteiger partial charge is 0.141 e. The van der Waals surface area contributed by atoms with Gasteiger partial charge in [-0.1, -0.05) is 5.92 Å². The third-order valence-corrected chi connectivity index (χ3v) is 2.65. The minimum Gasteiger partial charge on any atom is -0.508 e. The van der Waals surface area contributed by atoms with E-state index in [1.807, 2.05) is 6.92 Å². The zero-order valence-electron chi connectivity index (χ0n) is 8.22. The van der Waals surface area contributed by atoms with Crippen molar-refractivity contribution in [3.63, 3.8) is 0 Å². The van der Waals surface area contributed by atoms with Crippen LogP contribution in [0.1, 0.15) is 18.5 Å². The second kappa shape index (κ2) is 5.15. The lowest BCUT2D eigenvalue weighted by atomic mass is 10.1. The maximum Gasteiger partial charge on any atom is 0.141 e. The van der Waals surface area contributed by atoms with Crippen molar-refractivity contribution in [2.24, 2.45) is 0 Å². The van der Waals surface area contributed by atoms with Crippen LogP contribution in [0.4, 0.5) is 4.39 Å². The van der Waals surface area contributed by atoms with Crippen LogP contribution >= 0.6 is 15.9 Å². The van der Waals surface area contributed by atoms with Crippen LogP contribution in [0.2, 0.25) is 0 Å². The van der Waals surface area contributed by atoms with Gasteiger partial charge in [-0.15, -0.1) is 6.42 Å². The predicted molar refractivity (Wildman–Crippen MR) is 61.0 cm³/mol. The van der Waals surface area contributed by atoms with Crippen molar-refractivity contribution < 1.29 is 9.50 Å². The fourth-order valence-corrected chi connectivity index (χ4v) is 1.58. The molecule has 0 saturated heterocycles. The van der Waals surface area contributed by atoms with Crippen molar-refractivity contribution in [2.45, 2.75) is 13.0 Å². The third-order valence-electron chi connectivity index (χ3n) is 2.05. The van der Waals surface area contributed by atoms with Crippen molar-refractivity contribution >= 4 is 15.9 Å². The molecule has 2 N–H and O–H groups in total. The highest BCUT2D eigenvalue weighted by Crippen LogP contribution is 2.29. The highest BCUT2D eigenvalue weighted by atomic mass is 79.9. The van der Waals surface area contributed by atoms with Crippen LogP contribution in [0.3, 0.4) is 0 Å². The second-order valence-corrected chi connectivity index (χ2v) is 3.99. The van der Waals surface area contributed by atoms with E-state index in [-0.39, 0.29) is 11.8 Å². The third kappa shape index (κ3) is 2.95. The molecule has 0 fully saturated rings. The van der Waals surface area contributed by atoms with E-state index in [4.69, 9.17) is 6.42 Å². The number of benzene rings is 1. The maximum atomic E-state index is 13.0. The van der Waals surface area contributed by atoms with Gasteiger partial charge in [-0.2, -0.15) is 0 Å². The molecule has 0 saturated carbocycles. The largest absolute Gasteiger partial charge is 0.508 e. The van der Waals surface area contributed by atoms with E-state index in [9.17, 15) is 9.50 Å². The first kappa shape index (κ1) is 12.0. The zero-order valence-corrected chi connectivity index (χ0v) is 9.81. The Morgan fingerprint density at radius 3 is 2.93 bits per heavy atom. The summed E-state index contributed by atoms with van der Waals surface area (Å²) in [6.45, 7) is 2.24. The van der Waals surface area contributed by atoms with Gasteiger partial charge in [-0.25, -0.2) is 4.39 Å². The second-order valence-electron chi connectivity index (χ2n) is 3.13. The van der Waals surface area contributed by atoms with Gasteiger partial charge < -0.3 is 5.11 Å². The lowest BCUT2D eigenvalue weighted by molar-refractivity contribution is 0.449. The topological polar surface area (TPSA) is 32.3 Å². The SMILES string of the molecule is C#CCNC(C)c1cc(Br)c(F)cc1O. The summed E-state index contributed by atoms with van der Waals surface area (Å²) in [6, 6.07) is 2.49. The number of hydrogen-bond donors (Lipinski definition) is 2. The molecular formula is C11H11BrFNO. The lowest BCUT2D eigenvalue weighted by Gasteiger charge is -2.14. The molecule has 0 aromatic heterocycles. The van der Waals surface area contributed by atoms with Gasteiger partial charge in [-0.05, 0) is 28.9 Å². The first-order valence-electron chi connectivity index (χ1n) is 4.41. The number of phenolic OH excluding ortho intramolecular Hbond substituents is 1. The standard InChI is InChI=1S/C11H11BrFNO/c1-3-4-14-7(2)8-5-9(12)10(13)6-11(8)15/h1,5-7,14-15H,4H2,2H3. The molecule has 1 unspecified atom stereocenters. The molecule has 0 spiro atoms. The van der Waals surface area contributed by atoms with Gasteiger partial charge in [0.15, 0.2) is 0 Å². The summed E-state index contributed by atoms with van der Waals surface area (Å²) >= 11 is 3.06. The molecule has 2 nitrogen and oxygen atoms in total. The lowest BCUT2D eigenvalue weighted by Crippen LogP contribution is -2.18. The Kier molecular flexibility index (Phi) is 4.13. The number of aromatic hydroxyl groups is 1. The van der Waals surface area contributed by atoms with E-state index in [1.54, 1.807) is 6.07 Å². The fraction of sp³-hybridized carbons (Fsp3) is 0.273. The summed E-state index contributed by atoms with van der Waals surface area (Å²) < 4.78 is 13.3. The van der Waals surface area contributed by atoms with Crippen LogP contribution in [0.25, 0.3) is 0 Å². The molecule has 1 aromatic rings. The number of nitrogens with one attached hydrogen (secondary N) is 1. The maximum absolute atomic E-state index is 13.0. The van der Waals surface area contributed by atoms with Crippen molar-refractivity contribution in [1.29, 1.82) is 0 Å². The number of hydrogen-bond acceptors (Lipinski definition) is 2. The molecule has 15 heavy (non-hydrogen) atoms. The van der Waals surface area contributed by atoms with E-state index in [2.05, 4.69) is 27.2 Å². The van der Waals surface area contributed by atoms with Gasteiger partial charge in [-0.3, -0.25) is 5.32 Å². The van der Waals surface area contributed by atoms with Crippen molar-refractivity contribution in [1.82, 2.24) is 5.32 Å². The molecule has 80 valence electrons. The summed E-state index contributed by atoms with van der Waals surface area (Å²) in [7, 11) is 0. The van der Waals surface area contributed by atoms with Gasteiger partial charge >= 0.3 is 0 Å². The van der Waals surface area contributed by atoms with E-state index in [0.29, 0.717) is 16.6 Å². The molecule has 0 radical (unpaired) electrons. The number of terminal acetylenes is 1.